The standard InChI is InChI=1S/C36H50N6O3Si/c1-27-21-28(25-40-15-17-41(18-16-40)35(43)45-36(2,3)4)9-12-31(27)30-11-14-34-32(22-30)33(13-10-29-23-37-39(5)24-29)38-42(34)26-44-19-20-46(6,7)8/h9-14,21-24H,15-20,25-26H2,1-8H3/b13-10+. The van der Waals surface area contributed by atoms with Gasteiger partial charge in [0.2, 0.25) is 0 Å². The van der Waals surface area contributed by atoms with Crippen molar-refractivity contribution in [3.8, 4) is 11.1 Å². The monoisotopic (exact) mass is 642 g/mol. The number of aryl methyl sites for hydroxylation is 2. The van der Waals surface area contributed by atoms with E-state index < -0.39 is 13.7 Å². The molecule has 5 rings (SSSR count). The molecule has 1 saturated heterocycles. The molecule has 0 radical (unpaired) electrons. The number of amides is 1. The Hall–Kier alpha value is -3.73. The Balaban J connectivity index is 1.32. The van der Waals surface area contributed by atoms with Crippen LogP contribution < -0.4 is 0 Å². The molecule has 0 bridgehead atoms. The molecule has 0 aliphatic carbocycles. The van der Waals surface area contributed by atoms with Crippen molar-refractivity contribution in [3.63, 3.8) is 0 Å². The summed E-state index contributed by atoms with van der Waals surface area (Å²) in [7, 11) is 0.754. The molecule has 2 aromatic heterocycles. The third kappa shape index (κ3) is 8.95. The number of nitrogens with zero attached hydrogens (tertiary/aromatic N) is 6. The number of rotatable bonds is 10. The lowest BCUT2D eigenvalue weighted by atomic mass is 9.96. The maximum absolute atomic E-state index is 12.5. The second-order valence-electron chi connectivity index (χ2n) is 14.6. The van der Waals surface area contributed by atoms with Crippen LogP contribution in [0.4, 0.5) is 4.79 Å². The third-order valence-corrected chi connectivity index (χ3v) is 9.88. The topological polar surface area (TPSA) is 77.7 Å². The van der Waals surface area contributed by atoms with Gasteiger partial charge in [0.05, 0.1) is 17.4 Å². The largest absolute Gasteiger partial charge is 0.444 e. The highest BCUT2D eigenvalue weighted by atomic mass is 28.3. The number of hydrogen-bond donors (Lipinski definition) is 0. The third-order valence-electron chi connectivity index (χ3n) is 8.18. The van der Waals surface area contributed by atoms with Gasteiger partial charge < -0.3 is 14.4 Å². The normalized spacial score (nSPS) is 14.9. The molecule has 0 spiro atoms. The van der Waals surface area contributed by atoms with Gasteiger partial charge in [-0.25, -0.2) is 9.48 Å². The molecule has 46 heavy (non-hydrogen) atoms. The van der Waals surface area contributed by atoms with Gasteiger partial charge in [0.25, 0.3) is 0 Å². The van der Waals surface area contributed by atoms with Crippen molar-refractivity contribution in [2.75, 3.05) is 32.8 Å². The Morgan fingerprint density at radius 2 is 1.78 bits per heavy atom. The molecule has 4 aromatic rings. The van der Waals surface area contributed by atoms with Crippen molar-refractivity contribution in [2.45, 2.75) is 72.3 Å². The van der Waals surface area contributed by atoms with E-state index in [4.69, 9.17) is 14.6 Å². The van der Waals surface area contributed by atoms with Gasteiger partial charge in [0, 0.05) is 71.6 Å². The molecule has 0 saturated carbocycles. The van der Waals surface area contributed by atoms with Crippen molar-refractivity contribution in [1.82, 2.24) is 29.4 Å². The molecule has 1 fully saturated rings. The Labute approximate surface area is 274 Å². The summed E-state index contributed by atoms with van der Waals surface area (Å²) in [6, 6.07) is 14.5. The molecule has 3 heterocycles. The molecule has 246 valence electrons. The molecule has 2 aromatic carbocycles. The van der Waals surface area contributed by atoms with Crippen LogP contribution in [0.3, 0.4) is 0 Å². The van der Waals surface area contributed by atoms with Crippen LogP contribution >= 0.6 is 0 Å². The number of piperazine rings is 1. The fourth-order valence-electron chi connectivity index (χ4n) is 5.65. The summed E-state index contributed by atoms with van der Waals surface area (Å²) in [5, 5.41) is 10.4. The van der Waals surface area contributed by atoms with E-state index in [1.807, 2.05) is 49.8 Å². The predicted octanol–water partition coefficient (Wildman–Crippen LogP) is 7.28. The van der Waals surface area contributed by atoms with Gasteiger partial charge in [-0.05, 0) is 80.3 Å². The van der Waals surface area contributed by atoms with E-state index in [1.54, 1.807) is 4.68 Å². The lowest BCUT2D eigenvalue weighted by Crippen LogP contribution is -2.49. The number of aromatic nitrogens is 4. The first-order valence-corrected chi connectivity index (χ1v) is 20.0. The van der Waals surface area contributed by atoms with E-state index in [1.165, 1.54) is 16.7 Å². The van der Waals surface area contributed by atoms with Gasteiger partial charge in [-0.15, -0.1) is 0 Å². The molecular weight excluding hydrogens is 593 g/mol. The van der Waals surface area contributed by atoms with Crippen LogP contribution in [0.25, 0.3) is 34.2 Å². The molecule has 0 unspecified atom stereocenters. The highest BCUT2D eigenvalue weighted by molar-refractivity contribution is 6.76. The van der Waals surface area contributed by atoms with E-state index in [-0.39, 0.29) is 6.09 Å². The van der Waals surface area contributed by atoms with E-state index in [2.05, 4.69) is 85.1 Å². The summed E-state index contributed by atoms with van der Waals surface area (Å²) in [4.78, 5) is 16.7. The fraction of sp³-hybridized carbons (Fsp3) is 0.472. The zero-order chi connectivity index (χ0) is 33.1. The Kier molecular flexibility index (Phi) is 10.2. The summed E-state index contributed by atoms with van der Waals surface area (Å²) < 4.78 is 15.4. The van der Waals surface area contributed by atoms with Crippen LogP contribution in [-0.2, 0) is 29.8 Å². The van der Waals surface area contributed by atoms with Crippen LogP contribution in [0.1, 0.15) is 43.2 Å². The fourth-order valence-corrected chi connectivity index (χ4v) is 6.40. The predicted molar refractivity (Wildman–Crippen MR) is 189 cm³/mol. The van der Waals surface area contributed by atoms with Crippen LogP contribution in [0.15, 0.2) is 48.8 Å². The van der Waals surface area contributed by atoms with Gasteiger partial charge in [0.15, 0.2) is 0 Å². The molecule has 1 aliphatic heterocycles. The van der Waals surface area contributed by atoms with Gasteiger partial charge in [0.1, 0.15) is 12.3 Å². The molecule has 9 nitrogen and oxygen atoms in total. The number of fused-ring (bicyclic) bond motifs is 1. The Morgan fingerprint density at radius 3 is 2.43 bits per heavy atom. The minimum Gasteiger partial charge on any atom is -0.444 e. The average Bonchev–Trinajstić information content (AvgIpc) is 3.55. The van der Waals surface area contributed by atoms with Crippen LogP contribution in [0, 0.1) is 6.92 Å². The van der Waals surface area contributed by atoms with Gasteiger partial charge >= 0.3 is 6.09 Å². The smallest absolute Gasteiger partial charge is 0.410 e. The SMILES string of the molecule is Cc1cc(CN2CCN(C(=O)OC(C)(C)C)CC2)ccc1-c1ccc2c(c1)c(/C=C/c1cnn(C)c1)nn2COCC[Si](C)(C)C. The zero-order valence-electron chi connectivity index (χ0n) is 28.8. The van der Waals surface area contributed by atoms with Crippen LogP contribution in [0.5, 0.6) is 0 Å². The zero-order valence-corrected chi connectivity index (χ0v) is 29.8. The van der Waals surface area contributed by atoms with E-state index >= 15 is 0 Å². The van der Waals surface area contributed by atoms with Crippen molar-refractivity contribution in [1.29, 1.82) is 0 Å². The average molecular weight is 643 g/mol. The number of hydrogen-bond acceptors (Lipinski definition) is 6. The first-order valence-electron chi connectivity index (χ1n) is 16.3. The minimum atomic E-state index is -1.17. The summed E-state index contributed by atoms with van der Waals surface area (Å²) >= 11 is 0. The quantitative estimate of drug-likeness (QED) is 0.134. The Morgan fingerprint density at radius 1 is 1.02 bits per heavy atom. The lowest BCUT2D eigenvalue weighted by Gasteiger charge is -2.35. The molecule has 0 N–H and O–H groups in total. The highest BCUT2D eigenvalue weighted by Crippen LogP contribution is 2.31. The number of ether oxygens (including phenoxy) is 2. The van der Waals surface area contributed by atoms with Crippen molar-refractivity contribution >= 4 is 37.2 Å². The van der Waals surface area contributed by atoms with Gasteiger partial charge in [-0.2, -0.15) is 10.2 Å². The summed E-state index contributed by atoms with van der Waals surface area (Å²) in [6.07, 6.45) is 7.75. The first kappa shape index (κ1) is 33.6. The lowest BCUT2D eigenvalue weighted by molar-refractivity contribution is 0.0139. The molecule has 1 aliphatic rings. The van der Waals surface area contributed by atoms with Crippen LogP contribution in [-0.4, -0.2) is 81.9 Å². The second kappa shape index (κ2) is 13.9. The molecular formula is C36H50N6O3Si. The summed E-state index contributed by atoms with van der Waals surface area (Å²) in [6.45, 7) is 20.1. The number of carbonyl (C=O) groups excluding carboxylic acids is 1. The molecule has 0 atom stereocenters. The highest BCUT2D eigenvalue weighted by Gasteiger charge is 2.26. The maximum Gasteiger partial charge on any atom is 0.410 e. The van der Waals surface area contributed by atoms with Crippen molar-refractivity contribution < 1.29 is 14.3 Å². The van der Waals surface area contributed by atoms with Crippen LogP contribution in [0.2, 0.25) is 25.7 Å². The number of carbonyl (C=O) groups is 1. The molecule has 10 heteroatoms. The van der Waals surface area contributed by atoms with E-state index in [9.17, 15) is 4.79 Å². The number of benzene rings is 2. The first-order chi connectivity index (χ1) is 21.7. The van der Waals surface area contributed by atoms with E-state index in [0.717, 1.165) is 60.0 Å². The minimum absolute atomic E-state index is 0.222. The van der Waals surface area contributed by atoms with Crippen molar-refractivity contribution in [3.05, 3.63) is 71.2 Å². The summed E-state index contributed by atoms with van der Waals surface area (Å²) in [5.41, 5.74) is 7.41. The van der Waals surface area contributed by atoms with Gasteiger partial charge in [-0.1, -0.05) is 43.9 Å². The van der Waals surface area contributed by atoms with E-state index in [0.29, 0.717) is 19.8 Å². The maximum atomic E-state index is 12.5. The molecule has 1 amide bonds. The Bertz CT molecular complexity index is 1690. The summed E-state index contributed by atoms with van der Waals surface area (Å²) in [5.74, 6) is 0. The van der Waals surface area contributed by atoms with Gasteiger partial charge in [-0.3, -0.25) is 9.58 Å². The second-order valence-corrected chi connectivity index (χ2v) is 20.3. The van der Waals surface area contributed by atoms with Crippen molar-refractivity contribution in [2.24, 2.45) is 7.05 Å².